The Kier molecular flexibility index (Phi) is 5.20. The van der Waals surface area contributed by atoms with Crippen LogP contribution in [0.3, 0.4) is 0 Å². The van der Waals surface area contributed by atoms with Crippen molar-refractivity contribution in [1.29, 1.82) is 0 Å². The number of nitro benzene ring substituents is 1. The number of fused-ring (bicyclic) bond motifs is 1. The Morgan fingerprint density at radius 1 is 1.35 bits per heavy atom. The molecule has 1 N–H and O–H groups in total. The minimum atomic E-state index is -0.497. The normalized spacial score (nSPS) is 13.2. The Morgan fingerprint density at radius 3 is 2.88 bits per heavy atom. The summed E-state index contributed by atoms with van der Waals surface area (Å²) in [5, 5.41) is 14.4. The van der Waals surface area contributed by atoms with Gasteiger partial charge in [-0.2, -0.15) is 0 Å². The molecule has 8 heteroatoms. The topological polar surface area (TPSA) is 90.7 Å². The van der Waals surface area contributed by atoms with Crippen LogP contribution in [0.2, 0.25) is 5.02 Å². The number of aryl methyl sites for hydroxylation is 1. The number of ether oxygens (including phenoxy) is 2. The summed E-state index contributed by atoms with van der Waals surface area (Å²) in [5.41, 5.74) is 2.38. The molecule has 0 radical (unpaired) electrons. The standard InChI is InChI=1S/C18H15ClN2O5/c1-11-6-14(19)3-4-16(11)20-17(22)5-2-12-7-15(21(23)24)8-13-9-25-10-26-18(12)13/h2-8H,9-10H2,1H3,(H,20,22)/b5-2+. The van der Waals surface area contributed by atoms with Crippen molar-refractivity contribution in [2.24, 2.45) is 0 Å². The predicted octanol–water partition coefficient (Wildman–Crippen LogP) is 4.08. The Morgan fingerprint density at radius 2 is 2.15 bits per heavy atom. The molecule has 1 aliphatic heterocycles. The number of non-ortho nitro benzene ring substituents is 1. The molecular formula is C18H15ClN2O5. The zero-order valence-electron chi connectivity index (χ0n) is 13.8. The summed E-state index contributed by atoms with van der Waals surface area (Å²) in [6.45, 7) is 2.10. The number of anilines is 1. The lowest BCUT2D eigenvalue weighted by Crippen LogP contribution is -2.13. The van der Waals surface area contributed by atoms with Crippen LogP contribution in [-0.4, -0.2) is 17.6 Å². The lowest BCUT2D eigenvalue weighted by molar-refractivity contribution is -0.385. The lowest BCUT2D eigenvalue weighted by atomic mass is 10.1. The number of amides is 1. The van der Waals surface area contributed by atoms with E-state index in [-0.39, 0.29) is 25.0 Å². The summed E-state index contributed by atoms with van der Waals surface area (Å²) in [7, 11) is 0. The molecule has 2 aromatic carbocycles. The fraction of sp³-hybridized carbons (Fsp3) is 0.167. The van der Waals surface area contributed by atoms with Gasteiger partial charge in [0.15, 0.2) is 6.79 Å². The molecule has 0 spiro atoms. The zero-order chi connectivity index (χ0) is 18.7. The molecule has 3 rings (SSSR count). The van der Waals surface area contributed by atoms with Gasteiger partial charge in [-0.25, -0.2) is 0 Å². The molecule has 0 saturated carbocycles. The fourth-order valence-electron chi connectivity index (χ4n) is 2.57. The van der Waals surface area contributed by atoms with Crippen LogP contribution >= 0.6 is 11.6 Å². The number of carbonyl (C=O) groups is 1. The molecule has 0 unspecified atom stereocenters. The van der Waals surface area contributed by atoms with Crippen molar-refractivity contribution in [1.82, 2.24) is 0 Å². The van der Waals surface area contributed by atoms with Gasteiger partial charge < -0.3 is 14.8 Å². The van der Waals surface area contributed by atoms with Crippen LogP contribution in [-0.2, 0) is 16.1 Å². The smallest absolute Gasteiger partial charge is 0.270 e. The quantitative estimate of drug-likeness (QED) is 0.494. The van der Waals surface area contributed by atoms with E-state index in [1.165, 1.54) is 24.3 Å². The van der Waals surface area contributed by atoms with Crippen molar-refractivity contribution in [3.05, 3.63) is 68.2 Å². The van der Waals surface area contributed by atoms with Crippen molar-refractivity contribution in [2.45, 2.75) is 13.5 Å². The van der Waals surface area contributed by atoms with E-state index in [2.05, 4.69) is 5.32 Å². The van der Waals surface area contributed by atoms with Gasteiger partial charge in [-0.1, -0.05) is 11.6 Å². The number of halogens is 1. The van der Waals surface area contributed by atoms with Crippen LogP contribution in [0, 0.1) is 17.0 Å². The van der Waals surface area contributed by atoms with E-state index in [1.54, 1.807) is 18.2 Å². The van der Waals surface area contributed by atoms with Crippen molar-refractivity contribution in [3.8, 4) is 5.75 Å². The number of rotatable bonds is 4. The van der Waals surface area contributed by atoms with Crippen LogP contribution in [0.15, 0.2) is 36.4 Å². The maximum absolute atomic E-state index is 12.2. The van der Waals surface area contributed by atoms with Gasteiger partial charge in [0, 0.05) is 40.0 Å². The van der Waals surface area contributed by atoms with Crippen molar-refractivity contribution >= 4 is 35.0 Å². The first kappa shape index (κ1) is 17.9. The second-order valence-electron chi connectivity index (χ2n) is 5.67. The first-order chi connectivity index (χ1) is 12.4. The molecule has 1 heterocycles. The molecule has 0 fully saturated rings. The molecule has 0 aliphatic carbocycles. The number of carbonyl (C=O) groups excluding carboxylic acids is 1. The molecule has 0 saturated heterocycles. The highest BCUT2D eigenvalue weighted by atomic mass is 35.5. The Labute approximate surface area is 154 Å². The first-order valence-corrected chi connectivity index (χ1v) is 8.09. The summed E-state index contributed by atoms with van der Waals surface area (Å²) in [6.07, 6.45) is 2.78. The van der Waals surface area contributed by atoms with Crippen LogP contribution in [0.5, 0.6) is 5.75 Å². The third-order valence-corrected chi connectivity index (χ3v) is 4.03. The Balaban J connectivity index is 1.84. The van der Waals surface area contributed by atoms with Crippen molar-refractivity contribution in [3.63, 3.8) is 0 Å². The minimum Gasteiger partial charge on any atom is -0.467 e. The third kappa shape index (κ3) is 4.01. The SMILES string of the molecule is Cc1cc(Cl)ccc1NC(=O)/C=C/c1cc([N+](=O)[O-])cc2c1OCOC2. The molecule has 0 aromatic heterocycles. The Bertz CT molecular complexity index is 911. The number of hydrogen-bond acceptors (Lipinski definition) is 5. The molecule has 0 atom stereocenters. The molecule has 1 aliphatic rings. The number of nitro groups is 1. The average molecular weight is 375 g/mol. The lowest BCUT2D eigenvalue weighted by Gasteiger charge is -2.19. The molecule has 2 aromatic rings. The highest BCUT2D eigenvalue weighted by molar-refractivity contribution is 6.30. The van der Waals surface area contributed by atoms with Gasteiger partial charge in [0.1, 0.15) is 5.75 Å². The van der Waals surface area contributed by atoms with E-state index in [1.807, 2.05) is 6.92 Å². The van der Waals surface area contributed by atoms with Crippen LogP contribution in [0.1, 0.15) is 16.7 Å². The van der Waals surface area contributed by atoms with Gasteiger partial charge in [-0.05, 0) is 36.8 Å². The summed E-state index contributed by atoms with van der Waals surface area (Å²) in [6, 6.07) is 7.90. The van der Waals surface area contributed by atoms with Crippen LogP contribution in [0.25, 0.3) is 6.08 Å². The molecule has 0 bridgehead atoms. The van der Waals surface area contributed by atoms with E-state index in [9.17, 15) is 14.9 Å². The summed E-state index contributed by atoms with van der Waals surface area (Å²) in [5.74, 6) is 0.108. The maximum Gasteiger partial charge on any atom is 0.270 e. The minimum absolute atomic E-state index is 0.0574. The number of nitrogens with one attached hydrogen (secondary N) is 1. The molecule has 134 valence electrons. The van der Waals surface area contributed by atoms with Gasteiger partial charge in [0.05, 0.1) is 11.5 Å². The second kappa shape index (κ2) is 7.55. The van der Waals surface area contributed by atoms with E-state index >= 15 is 0 Å². The first-order valence-electron chi connectivity index (χ1n) is 7.71. The number of benzene rings is 2. The molecule has 1 amide bonds. The van der Waals surface area contributed by atoms with E-state index in [4.69, 9.17) is 21.1 Å². The van der Waals surface area contributed by atoms with Crippen molar-refractivity contribution in [2.75, 3.05) is 12.1 Å². The van der Waals surface area contributed by atoms with Gasteiger partial charge in [-0.15, -0.1) is 0 Å². The second-order valence-corrected chi connectivity index (χ2v) is 6.11. The number of nitrogens with zero attached hydrogens (tertiary/aromatic N) is 1. The maximum atomic E-state index is 12.2. The van der Waals surface area contributed by atoms with Gasteiger partial charge in [0.25, 0.3) is 5.69 Å². The highest BCUT2D eigenvalue weighted by Crippen LogP contribution is 2.33. The van der Waals surface area contributed by atoms with Gasteiger partial charge >= 0.3 is 0 Å². The average Bonchev–Trinajstić information content (AvgIpc) is 2.61. The fourth-order valence-corrected chi connectivity index (χ4v) is 2.79. The zero-order valence-corrected chi connectivity index (χ0v) is 14.6. The molecule has 26 heavy (non-hydrogen) atoms. The summed E-state index contributed by atoms with van der Waals surface area (Å²) < 4.78 is 10.6. The van der Waals surface area contributed by atoms with Crippen LogP contribution < -0.4 is 10.1 Å². The number of hydrogen-bond donors (Lipinski definition) is 1. The summed E-state index contributed by atoms with van der Waals surface area (Å²) >= 11 is 5.90. The van der Waals surface area contributed by atoms with E-state index in [0.717, 1.165) is 5.56 Å². The summed E-state index contributed by atoms with van der Waals surface area (Å²) in [4.78, 5) is 22.8. The van der Waals surface area contributed by atoms with Crippen molar-refractivity contribution < 1.29 is 19.2 Å². The monoisotopic (exact) mass is 374 g/mol. The Hall–Kier alpha value is -2.90. The van der Waals surface area contributed by atoms with E-state index in [0.29, 0.717) is 27.6 Å². The molecular weight excluding hydrogens is 360 g/mol. The third-order valence-electron chi connectivity index (χ3n) is 3.79. The van der Waals surface area contributed by atoms with E-state index < -0.39 is 4.92 Å². The largest absolute Gasteiger partial charge is 0.467 e. The highest BCUT2D eigenvalue weighted by Gasteiger charge is 2.19. The predicted molar refractivity (Wildman–Crippen MR) is 97.2 cm³/mol. The van der Waals surface area contributed by atoms with Crippen LogP contribution in [0.4, 0.5) is 11.4 Å². The van der Waals surface area contributed by atoms with Gasteiger partial charge in [0.2, 0.25) is 5.91 Å². The van der Waals surface area contributed by atoms with Gasteiger partial charge in [-0.3, -0.25) is 14.9 Å². The molecule has 7 nitrogen and oxygen atoms in total.